The van der Waals surface area contributed by atoms with Crippen molar-refractivity contribution in [3.8, 4) is 0 Å². The summed E-state index contributed by atoms with van der Waals surface area (Å²) >= 11 is 0. The van der Waals surface area contributed by atoms with Crippen LogP contribution in [-0.2, 0) is 0 Å². The summed E-state index contributed by atoms with van der Waals surface area (Å²) in [7, 11) is 0. The van der Waals surface area contributed by atoms with E-state index in [1.165, 1.54) is 0 Å². The molecule has 0 atom stereocenters. The van der Waals surface area contributed by atoms with E-state index in [2.05, 4.69) is 0 Å². The highest BCUT2D eigenvalue weighted by Crippen LogP contribution is 2.73. The van der Waals surface area contributed by atoms with Crippen molar-refractivity contribution in [3.05, 3.63) is 11.1 Å². The summed E-state index contributed by atoms with van der Waals surface area (Å²) in [5.41, 5.74) is -7.31. The Balaban J connectivity index is 2.73. The molecule has 0 spiro atoms. The van der Waals surface area contributed by atoms with Crippen LogP contribution in [0.1, 0.15) is 0 Å². The monoisotopic (exact) mass is 324 g/mol. The van der Waals surface area contributed by atoms with E-state index in [1.54, 1.807) is 0 Å². The lowest BCUT2D eigenvalue weighted by Gasteiger charge is -2.53. The molecule has 0 N–H and O–H groups in total. The van der Waals surface area contributed by atoms with Gasteiger partial charge in [-0.1, -0.05) is 0 Å². The van der Waals surface area contributed by atoms with Gasteiger partial charge in [0.15, 0.2) is 0 Å². The van der Waals surface area contributed by atoms with Crippen molar-refractivity contribution in [2.24, 2.45) is 0 Å². The molecule has 0 amide bonds. The molecule has 0 saturated heterocycles. The molecule has 116 valence electrons. The maximum absolute atomic E-state index is 12.7. The Labute approximate surface area is 101 Å². The van der Waals surface area contributed by atoms with Gasteiger partial charge in [0.1, 0.15) is 0 Å². The van der Waals surface area contributed by atoms with Crippen LogP contribution in [-0.4, -0.2) is 35.5 Å². The Morgan fingerprint density at radius 3 is 0.650 bits per heavy atom. The Kier molecular flexibility index (Phi) is 2.34. The van der Waals surface area contributed by atoms with E-state index in [1.807, 2.05) is 0 Å². The van der Waals surface area contributed by atoms with Crippen LogP contribution in [0.15, 0.2) is 11.1 Å². The fourth-order valence-electron chi connectivity index (χ4n) is 1.92. The van der Waals surface area contributed by atoms with Crippen LogP contribution in [0.5, 0.6) is 0 Å². The van der Waals surface area contributed by atoms with Crippen molar-refractivity contribution in [2.45, 2.75) is 35.5 Å². The Bertz CT molecular complexity index is 424. The van der Waals surface area contributed by atoms with Crippen LogP contribution in [0.2, 0.25) is 0 Å². The van der Waals surface area contributed by atoms with Crippen molar-refractivity contribution in [3.63, 3.8) is 0 Å². The molecule has 2 rings (SSSR count). The minimum absolute atomic E-state index is 3.66. The highest BCUT2D eigenvalue weighted by atomic mass is 19.4. The van der Waals surface area contributed by atoms with Gasteiger partial charge in [0, 0.05) is 0 Å². The van der Waals surface area contributed by atoms with E-state index in [0.717, 1.165) is 0 Å². The zero-order valence-electron chi connectivity index (χ0n) is 8.54. The van der Waals surface area contributed by atoms with Gasteiger partial charge in [0.05, 0.1) is 11.1 Å². The highest BCUT2D eigenvalue weighted by molar-refractivity contribution is 5.55. The first kappa shape index (κ1) is 15.3. The van der Waals surface area contributed by atoms with E-state index < -0.39 is 46.7 Å². The average molecular weight is 324 g/mol. The van der Waals surface area contributed by atoms with E-state index in [0.29, 0.717) is 0 Å². The standard InChI is InChI=1S/C8F12/c9-3(10)1(4(11,12)7(3,17)18)2-5(13,14)8(19,20)6(2,15)16. The lowest BCUT2D eigenvalue weighted by molar-refractivity contribution is -0.376. The normalized spacial score (nSPS) is 34.2. The van der Waals surface area contributed by atoms with Crippen LogP contribution in [0.3, 0.4) is 0 Å². The summed E-state index contributed by atoms with van der Waals surface area (Å²) in [5.74, 6) is -36.7. The molecule has 0 radical (unpaired) electrons. The molecular weight excluding hydrogens is 324 g/mol. The van der Waals surface area contributed by atoms with Gasteiger partial charge in [-0.25, -0.2) is 0 Å². The number of hydrogen-bond acceptors (Lipinski definition) is 0. The molecule has 2 aliphatic carbocycles. The summed E-state index contributed by atoms with van der Waals surface area (Å²) < 4.78 is 151. The summed E-state index contributed by atoms with van der Waals surface area (Å²) in [6.07, 6.45) is 0. The molecule has 2 fully saturated rings. The summed E-state index contributed by atoms with van der Waals surface area (Å²) in [5, 5.41) is 0. The third-order valence-corrected chi connectivity index (χ3v) is 3.08. The second-order valence-electron chi connectivity index (χ2n) is 4.20. The quantitative estimate of drug-likeness (QED) is 0.464. The van der Waals surface area contributed by atoms with Gasteiger partial charge >= 0.3 is 35.5 Å². The van der Waals surface area contributed by atoms with Gasteiger partial charge in [-0.05, 0) is 0 Å². The lowest BCUT2D eigenvalue weighted by Crippen LogP contribution is -2.77. The van der Waals surface area contributed by atoms with Crippen molar-refractivity contribution < 1.29 is 52.7 Å². The Hall–Kier alpha value is -1.10. The van der Waals surface area contributed by atoms with Gasteiger partial charge < -0.3 is 0 Å². The predicted octanol–water partition coefficient (Wildman–Crippen LogP) is 4.12. The van der Waals surface area contributed by atoms with E-state index >= 15 is 0 Å². The predicted molar refractivity (Wildman–Crippen MR) is 36.7 cm³/mol. The number of hydrogen-bond donors (Lipinski definition) is 0. The first-order valence-electron chi connectivity index (χ1n) is 4.52. The first-order chi connectivity index (χ1) is 8.49. The molecule has 0 nitrogen and oxygen atoms in total. The topological polar surface area (TPSA) is 0 Å². The molecule has 2 aliphatic rings. The zero-order chi connectivity index (χ0) is 16.2. The molecule has 0 heterocycles. The van der Waals surface area contributed by atoms with E-state index in [9.17, 15) is 52.7 Å². The molecular formula is C8F12. The van der Waals surface area contributed by atoms with Crippen molar-refractivity contribution in [1.29, 1.82) is 0 Å². The molecule has 0 aromatic heterocycles. The molecule has 0 aromatic rings. The lowest BCUT2D eigenvalue weighted by atomic mass is 9.65. The van der Waals surface area contributed by atoms with E-state index in [4.69, 9.17) is 0 Å². The second-order valence-corrected chi connectivity index (χ2v) is 4.20. The summed E-state index contributed by atoms with van der Waals surface area (Å²) in [6.45, 7) is 0. The van der Waals surface area contributed by atoms with Crippen LogP contribution in [0.25, 0.3) is 0 Å². The fourth-order valence-corrected chi connectivity index (χ4v) is 1.92. The Morgan fingerprint density at radius 2 is 0.500 bits per heavy atom. The third-order valence-electron chi connectivity index (χ3n) is 3.08. The molecule has 2 saturated carbocycles. The second kappa shape index (κ2) is 3.06. The largest absolute Gasteiger partial charge is 0.380 e. The summed E-state index contributed by atoms with van der Waals surface area (Å²) in [6, 6.07) is 0. The number of alkyl halides is 12. The molecule has 0 bridgehead atoms. The first-order valence-corrected chi connectivity index (χ1v) is 4.52. The Morgan fingerprint density at radius 1 is 0.350 bits per heavy atom. The van der Waals surface area contributed by atoms with Gasteiger partial charge in [-0.15, -0.1) is 0 Å². The minimum Gasteiger partial charge on any atom is -0.194 e. The molecule has 20 heavy (non-hydrogen) atoms. The van der Waals surface area contributed by atoms with Crippen LogP contribution in [0, 0.1) is 0 Å². The maximum atomic E-state index is 12.7. The summed E-state index contributed by atoms with van der Waals surface area (Å²) in [4.78, 5) is 0. The van der Waals surface area contributed by atoms with Crippen molar-refractivity contribution in [2.75, 3.05) is 0 Å². The molecule has 0 aromatic carbocycles. The van der Waals surface area contributed by atoms with Crippen molar-refractivity contribution in [1.82, 2.24) is 0 Å². The zero-order valence-corrected chi connectivity index (χ0v) is 8.54. The average Bonchev–Trinajstić information content (AvgIpc) is 2.22. The minimum atomic E-state index is -6.22. The molecule has 12 heteroatoms. The highest BCUT2D eigenvalue weighted by Gasteiger charge is 2.96. The van der Waals surface area contributed by atoms with E-state index in [-0.39, 0.29) is 0 Å². The van der Waals surface area contributed by atoms with Crippen LogP contribution < -0.4 is 0 Å². The smallest absolute Gasteiger partial charge is 0.194 e. The van der Waals surface area contributed by atoms with Crippen LogP contribution >= 0.6 is 0 Å². The van der Waals surface area contributed by atoms with Gasteiger partial charge in [-0.2, -0.15) is 52.7 Å². The van der Waals surface area contributed by atoms with Gasteiger partial charge in [0.25, 0.3) is 0 Å². The molecule has 0 unspecified atom stereocenters. The number of halogens is 12. The maximum Gasteiger partial charge on any atom is 0.380 e. The fraction of sp³-hybridized carbons (Fsp3) is 0.750. The number of rotatable bonds is 0. The SMILES string of the molecule is FC1(F)C(=C2C(F)(F)C(F)(F)C2(F)F)C(F)(F)C1(F)F. The number of allylic oxidation sites excluding steroid dienone is 2. The molecule has 0 aliphatic heterocycles. The van der Waals surface area contributed by atoms with Crippen molar-refractivity contribution >= 4 is 0 Å². The third kappa shape index (κ3) is 1.08. The van der Waals surface area contributed by atoms with Gasteiger partial charge in [-0.3, -0.25) is 0 Å². The van der Waals surface area contributed by atoms with Gasteiger partial charge in [0.2, 0.25) is 0 Å². The van der Waals surface area contributed by atoms with Crippen LogP contribution in [0.4, 0.5) is 52.7 Å².